The number of ether oxygens (including phenoxy) is 1. The standard InChI is InChI=1S/C8H14F2N2O2/c1-12(8(13)7(9)10)5-6-4-11-2-3-14-6/h6-7,11H,2-5H2,1H3. The molecule has 0 spiro atoms. The van der Waals surface area contributed by atoms with Crippen molar-refractivity contribution in [3.63, 3.8) is 0 Å². The van der Waals surface area contributed by atoms with E-state index >= 15 is 0 Å². The zero-order valence-electron chi connectivity index (χ0n) is 8.00. The number of nitrogens with zero attached hydrogens (tertiary/aromatic N) is 1. The van der Waals surface area contributed by atoms with Gasteiger partial charge in [-0.3, -0.25) is 4.79 Å². The summed E-state index contributed by atoms with van der Waals surface area (Å²) in [5.41, 5.74) is 0. The van der Waals surface area contributed by atoms with Crippen molar-refractivity contribution >= 4 is 5.91 Å². The predicted octanol–water partition coefficient (Wildman–Crippen LogP) is -0.302. The van der Waals surface area contributed by atoms with Gasteiger partial charge in [-0.25, -0.2) is 0 Å². The summed E-state index contributed by atoms with van der Waals surface area (Å²) in [5.74, 6) is -1.15. The van der Waals surface area contributed by atoms with Gasteiger partial charge in [-0.1, -0.05) is 0 Å². The molecule has 1 saturated heterocycles. The van der Waals surface area contributed by atoms with Crippen LogP contribution >= 0.6 is 0 Å². The lowest BCUT2D eigenvalue weighted by molar-refractivity contribution is -0.143. The minimum atomic E-state index is -2.93. The first-order valence-electron chi connectivity index (χ1n) is 4.46. The molecule has 0 aromatic rings. The molecule has 0 bridgehead atoms. The third-order valence-corrected chi connectivity index (χ3v) is 2.04. The van der Waals surface area contributed by atoms with Crippen LogP contribution in [-0.4, -0.2) is 56.6 Å². The number of halogens is 2. The summed E-state index contributed by atoms with van der Waals surface area (Å²) in [6.07, 6.45) is -3.12. The molecular formula is C8H14F2N2O2. The van der Waals surface area contributed by atoms with E-state index in [4.69, 9.17) is 4.74 Å². The van der Waals surface area contributed by atoms with Gasteiger partial charge < -0.3 is 15.0 Å². The third kappa shape index (κ3) is 3.19. The SMILES string of the molecule is CN(CC1CNCCO1)C(=O)C(F)F. The zero-order chi connectivity index (χ0) is 10.6. The Labute approximate surface area is 81.2 Å². The number of hydrogen-bond donors (Lipinski definition) is 1. The van der Waals surface area contributed by atoms with E-state index in [-0.39, 0.29) is 12.6 Å². The molecule has 1 amide bonds. The zero-order valence-corrected chi connectivity index (χ0v) is 8.00. The van der Waals surface area contributed by atoms with Gasteiger partial charge in [0.05, 0.1) is 12.7 Å². The summed E-state index contributed by atoms with van der Waals surface area (Å²) in [4.78, 5) is 11.8. The Morgan fingerprint density at radius 3 is 2.93 bits per heavy atom. The maximum Gasteiger partial charge on any atom is 0.315 e. The number of likely N-dealkylation sites (N-methyl/N-ethyl adjacent to an activating group) is 1. The normalized spacial score (nSPS) is 22.4. The minimum Gasteiger partial charge on any atom is -0.374 e. The maximum absolute atomic E-state index is 12.0. The van der Waals surface area contributed by atoms with Crippen LogP contribution in [0.15, 0.2) is 0 Å². The summed E-state index contributed by atoms with van der Waals surface area (Å²) in [5, 5.41) is 3.06. The van der Waals surface area contributed by atoms with Crippen LogP contribution in [0.5, 0.6) is 0 Å². The van der Waals surface area contributed by atoms with Crippen LogP contribution in [0.25, 0.3) is 0 Å². The summed E-state index contributed by atoms with van der Waals surface area (Å²) in [6, 6.07) is 0. The van der Waals surface area contributed by atoms with Gasteiger partial charge in [0.1, 0.15) is 0 Å². The van der Waals surface area contributed by atoms with Gasteiger partial charge in [-0.05, 0) is 0 Å². The Bertz CT molecular complexity index is 196. The molecule has 4 nitrogen and oxygen atoms in total. The van der Waals surface area contributed by atoms with Crippen molar-refractivity contribution in [2.45, 2.75) is 12.5 Å². The van der Waals surface area contributed by atoms with Crippen LogP contribution in [0.2, 0.25) is 0 Å². The van der Waals surface area contributed by atoms with E-state index < -0.39 is 12.3 Å². The van der Waals surface area contributed by atoms with Crippen LogP contribution in [0, 0.1) is 0 Å². The van der Waals surface area contributed by atoms with Crippen LogP contribution < -0.4 is 5.32 Å². The summed E-state index contributed by atoms with van der Waals surface area (Å²) < 4.78 is 29.2. The Balaban J connectivity index is 2.31. The second-order valence-corrected chi connectivity index (χ2v) is 3.22. The fraction of sp³-hybridized carbons (Fsp3) is 0.875. The molecule has 1 fully saturated rings. The van der Waals surface area contributed by atoms with Crippen molar-refractivity contribution < 1.29 is 18.3 Å². The molecular weight excluding hydrogens is 194 g/mol. The van der Waals surface area contributed by atoms with E-state index in [1.807, 2.05) is 0 Å². The van der Waals surface area contributed by atoms with E-state index in [0.717, 1.165) is 11.4 Å². The molecule has 1 aliphatic heterocycles. The van der Waals surface area contributed by atoms with Gasteiger partial charge in [0.25, 0.3) is 5.91 Å². The van der Waals surface area contributed by atoms with Crippen molar-refractivity contribution in [3.8, 4) is 0 Å². The Morgan fingerprint density at radius 1 is 1.71 bits per heavy atom. The molecule has 0 aromatic carbocycles. The first-order valence-corrected chi connectivity index (χ1v) is 4.46. The molecule has 1 aliphatic rings. The molecule has 1 rings (SSSR count). The van der Waals surface area contributed by atoms with E-state index in [2.05, 4.69) is 5.32 Å². The number of carbonyl (C=O) groups is 1. The number of morpholine rings is 1. The highest BCUT2D eigenvalue weighted by Gasteiger charge is 2.23. The van der Waals surface area contributed by atoms with E-state index in [0.29, 0.717) is 13.2 Å². The highest BCUT2D eigenvalue weighted by molar-refractivity contribution is 5.79. The molecule has 14 heavy (non-hydrogen) atoms. The first-order chi connectivity index (χ1) is 6.61. The van der Waals surface area contributed by atoms with E-state index in [9.17, 15) is 13.6 Å². The number of nitrogens with one attached hydrogen (secondary N) is 1. The van der Waals surface area contributed by atoms with Crippen molar-refractivity contribution in [3.05, 3.63) is 0 Å². The van der Waals surface area contributed by atoms with Gasteiger partial charge in [0, 0.05) is 26.7 Å². The van der Waals surface area contributed by atoms with E-state index in [1.54, 1.807) is 0 Å². The predicted molar refractivity (Wildman–Crippen MR) is 46.3 cm³/mol. The average molecular weight is 208 g/mol. The molecule has 0 radical (unpaired) electrons. The molecule has 0 aromatic heterocycles. The van der Waals surface area contributed by atoms with Crippen LogP contribution in [-0.2, 0) is 9.53 Å². The van der Waals surface area contributed by atoms with Crippen LogP contribution in [0.1, 0.15) is 0 Å². The molecule has 1 atom stereocenters. The lowest BCUT2D eigenvalue weighted by Crippen LogP contribution is -2.46. The van der Waals surface area contributed by atoms with Crippen LogP contribution in [0.3, 0.4) is 0 Å². The van der Waals surface area contributed by atoms with Gasteiger partial charge in [-0.2, -0.15) is 8.78 Å². The summed E-state index contributed by atoms with van der Waals surface area (Å²) >= 11 is 0. The Morgan fingerprint density at radius 2 is 2.43 bits per heavy atom. The largest absolute Gasteiger partial charge is 0.374 e. The van der Waals surface area contributed by atoms with Crippen molar-refractivity contribution in [2.24, 2.45) is 0 Å². The van der Waals surface area contributed by atoms with Gasteiger partial charge in [0.15, 0.2) is 0 Å². The maximum atomic E-state index is 12.0. The number of carbonyl (C=O) groups excluding carboxylic acids is 1. The first kappa shape index (κ1) is 11.3. The molecule has 1 N–H and O–H groups in total. The van der Waals surface area contributed by atoms with Gasteiger partial charge in [-0.15, -0.1) is 0 Å². The van der Waals surface area contributed by atoms with Crippen LogP contribution in [0.4, 0.5) is 8.78 Å². The second-order valence-electron chi connectivity index (χ2n) is 3.22. The van der Waals surface area contributed by atoms with Crippen molar-refractivity contribution in [2.75, 3.05) is 33.3 Å². The number of rotatable bonds is 3. The van der Waals surface area contributed by atoms with E-state index in [1.165, 1.54) is 7.05 Å². The number of hydrogen-bond acceptors (Lipinski definition) is 3. The summed E-state index contributed by atoms with van der Waals surface area (Å²) in [6.45, 7) is 2.13. The molecule has 82 valence electrons. The fourth-order valence-corrected chi connectivity index (χ4v) is 1.30. The lowest BCUT2D eigenvalue weighted by atomic mass is 10.3. The lowest BCUT2D eigenvalue weighted by Gasteiger charge is -2.27. The van der Waals surface area contributed by atoms with Crippen molar-refractivity contribution in [1.82, 2.24) is 10.2 Å². The number of amides is 1. The molecule has 0 saturated carbocycles. The molecule has 1 unspecified atom stereocenters. The summed E-state index contributed by atoms with van der Waals surface area (Å²) in [7, 11) is 1.35. The number of alkyl halides is 2. The van der Waals surface area contributed by atoms with Gasteiger partial charge >= 0.3 is 6.43 Å². The molecule has 0 aliphatic carbocycles. The topological polar surface area (TPSA) is 41.6 Å². The molecule has 1 heterocycles. The Hall–Kier alpha value is -0.750. The highest BCUT2D eigenvalue weighted by atomic mass is 19.3. The third-order valence-electron chi connectivity index (χ3n) is 2.04. The highest BCUT2D eigenvalue weighted by Crippen LogP contribution is 2.03. The fourth-order valence-electron chi connectivity index (χ4n) is 1.30. The monoisotopic (exact) mass is 208 g/mol. The second kappa shape index (κ2) is 5.21. The van der Waals surface area contributed by atoms with Crippen molar-refractivity contribution in [1.29, 1.82) is 0 Å². The minimum absolute atomic E-state index is 0.184. The quantitative estimate of drug-likeness (QED) is 0.692. The molecule has 6 heteroatoms. The average Bonchev–Trinajstić information content (AvgIpc) is 2.18. The smallest absolute Gasteiger partial charge is 0.315 e. The Kier molecular flexibility index (Phi) is 4.21. The van der Waals surface area contributed by atoms with Gasteiger partial charge in [0.2, 0.25) is 0 Å².